The molecule has 2 fully saturated rings. The minimum atomic E-state index is -3.75. The van der Waals surface area contributed by atoms with E-state index in [9.17, 15) is 21.6 Å². The predicted molar refractivity (Wildman–Crippen MR) is 147 cm³/mol. The summed E-state index contributed by atoms with van der Waals surface area (Å²) in [6.45, 7) is 5.00. The van der Waals surface area contributed by atoms with E-state index in [1.54, 1.807) is 32.0 Å². The number of nitrogens with zero attached hydrogens (tertiary/aromatic N) is 2. The first-order chi connectivity index (χ1) is 17.5. The highest BCUT2D eigenvalue weighted by molar-refractivity contribution is 7.93. The summed E-state index contributed by atoms with van der Waals surface area (Å²) >= 11 is 0. The fourth-order valence-corrected chi connectivity index (χ4v) is 7.73. The normalized spacial score (nSPS) is 18.6. The third-order valence-electron chi connectivity index (χ3n) is 7.52. The topological polar surface area (TPSA) is 130 Å². The van der Waals surface area contributed by atoms with Crippen molar-refractivity contribution in [2.24, 2.45) is 0 Å². The van der Waals surface area contributed by atoms with Gasteiger partial charge in [-0.2, -0.15) is 0 Å². The Morgan fingerprint density at radius 2 is 1.57 bits per heavy atom. The molecule has 0 bridgehead atoms. The molecule has 2 aromatic carbocycles. The van der Waals surface area contributed by atoms with Gasteiger partial charge in [0, 0.05) is 37.4 Å². The van der Waals surface area contributed by atoms with Crippen molar-refractivity contribution >= 4 is 37.3 Å². The van der Waals surface area contributed by atoms with E-state index in [4.69, 9.17) is 5.73 Å². The number of benzene rings is 2. The summed E-state index contributed by atoms with van der Waals surface area (Å²) in [4.78, 5) is 15.1. The van der Waals surface area contributed by atoms with Gasteiger partial charge in [-0.25, -0.2) is 21.1 Å². The quantitative estimate of drug-likeness (QED) is 0.511. The average molecular weight is 549 g/mol. The highest BCUT2D eigenvalue weighted by Crippen LogP contribution is 2.30. The lowest BCUT2D eigenvalue weighted by atomic mass is 9.89. The molecule has 2 saturated heterocycles. The Balaban J connectivity index is 1.40. The number of hydrogen-bond donors (Lipinski definition) is 2. The van der Waals surface area contributed by atoms with Crippen molar-refractivity contribution in [3.05, 3.63) is 59.2 Å². The van der Waals surface area contributed by atoms with Crippen molar-refractivity contribution in [3.8, 4) is 0 Å². The Morgan fingerprint density at radius 1 is 0.946 bits per heavy atom. The van der Waals surface area contributed by atoms with Gasteiger partial charge < -0.3 is 10.6 Å². The van der Waals surface area contributed by atoms with Gasteiger partial charge in [-0.15, -0.1) is 0 Å². The fourth-order valence-electron chi connectivity index (χ4n) is 5.07. The number of nitrogens with one attached hydrogen (secondary N) is 1. The van der Waals surface area contributed by atoms with Gasteiger partial charge in [0.1, 0.15) is 0 Å². The minimum Gasteiger partial charge on any atom is -0.399 e. The van der Waals surface area contributed by atoms with Crippen LogP contribution in [0.1, 0.15) is 60.0 Å². The first kappa shape index (κ1) is 27.4. The molecule has 0 aliphatic carbocycles. The van der Waals surface area contributed by atoms with E-state index in [2.05, 4.69) is 4.72 Å². The van der Waals surface area contributed by atoms with Gasteiger partial charge in [0.05, 0.1) is 16.7 Å². The zero-order valence-electron chi connectivity index (χ0n) is 21.4. The van der Waals surface area contributed by atoms with Crippen LogP contribution in [0.2, 0.25) is 0 Å². The number of carbonyl (C=O) groups is 1. The third-order valence-corrected chi connectivity index (χ3v) is 11.3. The van der Waals surface area contributed by atoms with Crippen LogP contribution in [0.3, 0.4) is 0 Å². The Labute approximate surface area is 220 Å². The lowest BCUT2D eigenvalue weighted by molar-refractivity contribution is 0.0713. The standard InChI is InChI=1S/C26H36N4O5S2/c1-3-36(32,33)30-16-12-24(13-17-30)37(34,35)28-25-18-22(5-4-19(25)2)26(31)29-14-10-21(11-15-29)20-6-8-23(27)9-7-20/h4-9,18,21,24,28H,3,10-17,27H2,1-2H3. The molecule has 0 saturated carbocycles. The zero-order chi connectivity index (χ0) is 26.8. The molecule has 2 aromatic rings. The van der Waals surface area contributed by atoms with Gasteiger partial charge in [0.2, 0.25) is 20.0 Å². The van der Waals surface area contributed by atoms with Crippen molar-refractivity contribution in [3.63, 3.8) is 0 Å². The van der Waals surface area contributed by atoms with Gasteiger partial charge in [0.15, 0.2) is 0 Å². The van der Waals surface area contributed by atoms with Crippen LogP contribution >= 0.6 is 0 Å². The molecule has 0 unspecified atom stereocenters. The van der Waals surface area contributed by atoms with E-state index in [1.807, 2.05) is 29.2 Å². The molecule has 3 N–H and O–H groups in total. The van der Waals surface area contributed by atoms with Crippen molar-refractivity contribution in [2.45, 2.75) is 50.7 Å². The first-order valence-corrected chi connectivity index (χ1v) is 15.9. The maximum atomic E-state index is 13.2. The number of rotatable bonds is 7. The molecule has 2 heterocycles. The summed E-state index contributed by atoms with van der Waals surface area (Å²) in [5, 5.41) is -0.693. The molecular formula is C26H36N4O5S2. The van der Waals surface area contributed by atoms with E-state index < -0.39 is 25.3 Å². The number of carbonyl (C=O) groups excluding carboxylic acids is 1. The molecule has 2 aliphatic rings. The molecule has 0 radical (unpaired) electrons. The number of nitrogen functional groups attached to an aromatic ring is 1. The van der Waals surface area contributed by atoms with E-state index in [0.29, 0.717) is 35.8 Å². The number of piperidine rings is 2. The fraction of sp³-hybridized carbons (Fsp3) is 0.500. The van der Waals surface area contributed by atoms with Gasteiger partial charge in [-0.05, 0) is 80.8 Å². The molecule has 0 aromatic heterocycles. The van der Waals surface area contributed by atoms with Crippen molar-refractivity contribution < 1.29 is 21.6 Å². The van der Waals surface area contributed by atoms with Crippen LogP contribution in [0.25, 0.3) is 0 Å². The molecule has 0 atom stereocenters. The monoisotopic (exact) mass is 548 g/mol. The average Bonchev–Trinajstić information content (AvgIpc) is 2.90. The summed E-state index contributed by atoms with van der Waals surface area (Å²) in [5.74, 6) is 0.264. The first-order valence-electron chi connectivity index (χ1n) is 12.7. The van der Waals surface area contributed by atoms with Crippen LogP contribution < -0.4 is 10.5 Å². The third kappa shape index (κ3) is 6.27. The molecule has 9 nitrogen and oxygen atoms in total. The second kappa shape index (κ2) is 11.0. The number of likely N-dealkylation sites (tertiary alicyclic amines) is 1. The number of amides is 1. The SMILES string of the molecule is CCS(=O)(=O)N1CCC(S(=O)(=O)Nc2cc(C(=O)N3CCC(c4ccc(N)cc4)CC3)ccc2C)CC1. The minimum absolute atomic E-state index is 0.00172. The maximum absolute atomic E-state index is 13.2. The summed E-state index contributed by atoms with van der Waals surface area (Å²) in [6.07, 6.45) is 2.17. The van der Waals surface area contributed by atoms with Crippen molar-refractivity contribution in [1.29, 1.82) is 0 Å². The molecule has 1 amide bonds. The van der Waals surface area contributed by atoms with Crippen LogP contribution in [-0.4, -0.2) is 69.1 Å². The van der Waals surface area contributed by atoms with Crippen LogP contribution in [0, 0.1) is 6.92 Å². The number of anilines is 2. The number of hydrogen-bond acceptors (Lipinski definition) is 6. The zero-order valence-corrected chi connectivity index (χ0v) is 23.0. The summed E-state index contributed by atoms with van der Waals surface area (Å²) < 4.78 is 54.5. The summed E-state index contributed by atoms with van der Waals surface area (Å²) in [5.41, 5.74) is 9.29. The van der Waals surface area contributed by atoms with Crippen LogP contribution in [-0.2, 0) is 20.0 Å². The van der Waals surface area contributed by atoms with Crippen molar-refractivity contribution in [1.82, 2.24) is 9.21 Å². The highest BCUT2D eigenvalue weighted by atomic mass is 32.2. The highest BCUT2D eigenvalue weighted by Gasteiger charge is 2.34. The number of nitrogens with two attached hydrogens (primary N) is 1. The molecule has 4 rings (SSSR count). The second-order valence-corrected chi connectivity index (χ2v) is 14.1. The number of sulfonamides is 2. The van der Waals surface area contributed by atoms with Crippen LogP contribution in [0.4, 0.5) is 11.4 Å². The van der Waals surface area contributed by atoms with Crippen molar-refractivity contribution in [2.75, 3.05) is 42.4 Å². The molecule has 2 aliphatic heterocycles. The van der Waals surface area contributed by atoms with Crippen LogP contribution in [0.15, 0.2) is 42.5 Å². The smallest absolute Gasteiger partial charge is 0.253 e. The van der Waals surface area contributed by atoms with Gasteiger partial charge in [0.25, 0.3) is 5.91 Å². The van der Waals surface area contributed by atoms with E-state index in [-0.39, 0.29) is 37.6 Å². The summed E-state index contributed by atoms with van der Waals surface area (Å²) in [7, 11) is -7.08. The van der Waals surface area contributed by atoms with Gasteiger partial charge in [-0.1, -0.05) is 18.2 Å². The maximum Gasteiger partial charge on any atom is 0.253 e. The molecule has 37 heavy (non-hydrogen) atoms. The molecule has 11 heteroatoms. The largest absolute Gasteiger partial charge is 0.399 e. The van der Waals surface area contributed by atoms with E-state index >= 15 is 0 Å². The number of aryl methyl sites for hydroxylation is 1. The molecular weight excluding hydrogens is 512 g/mol. The van der Waals surface area contributed by atoms with Crippen LogP contribution in [0.5, 0.6) is 0 Å². The van der Waals surface area contributed by atoms with Gasteiger partial charge in [-0.3, -0.25) is 9.52 Å². The molecule has 0 spiro atoms. The molecule has 202 valence electrons. The lowest BCUT2D eigenvalue weighted by Gasteiger charge is -2.32. The Kier molecular flexibility index (Phi) is 8.15. The van der Waals surface area contributed by atoms with Gasteiger partial charge >= 0.3 is 0 Å². The Hall–Kier alpha value is -2.63. The second-order valence-electron chi connectivity index (χ2n) is 9.91. The van der Waals surface area contributed by atoms with E-state index in [1.165, 1.54) is 9.87 Å². The Bertz CT molecular complexity index is 1330. The predicted octanol–water partition coefficient (Wildman–Crippen LogP) is 3.15. The lowest BCUT2D eigenvalue weighted by Crippen LogP contribution is -2.44. The summed E-state index contributed by atoms with van der Waals surface area (Å²) in [6, 6.07) is 13.0. The van der Waals surface area contributed by atoms with E-state index in [0.717, 1.165) is 18.5 Å². The Morgan fingerprint density at radius 3 is 2.16 bits per heavy atom.